The molecule has 2 aromatic carbocycles. The number of halogens is 1. The van der Waals surface area contributed by atoms with Crippen LogP contribution in [0.1, 0.15) is 42.4 Å². The van der Waals surface area contributed by atoms with Crippen molar-refractivity contribution in [1.82, 2.24) is 5.16 Å². The standard InChI is InChI=1S/C21H20ClNO3/c1-21(2,3)16-8-4-15(5-9-16)20(24)25-13-18-12-19(26-23-18)14-6-10-17(22)11-7-14/h4-12H,13H2,1-3H3. The molecule has 0 fully saturated rings. The fourth-order valence-electron chi connectivity index (χ4n) is 2.46. The highest BCUT2D eigenvalue weighted by Gasteiger charge is 2.15. The number of hydrogen-bond acceptors (Lipinski definition) is 4. The Morgan fingerprint density at radius 1 is 1.08 bits per heavy atom. The van der Waals surface area contributed by atoms with Crippen LogP contribution in [0.15, 0.2) is 59.1 Å². The van der Waals surface area contributed by atoms with Gasteiger partial charge in [0.25, 0.3) is 0 Å². The van der Waals surface area contributed by atoms with E-state index in [4.69, 9.17) is 20.9 Å². The number of benzene rings is 2. The molecule has 1 aromatic heterocycles. The summed E-state index contributed by atoms with van der Waals surface area (Å²) in [5, 5.41) is 4.59. The molecule has 0 unspecified atom stereocenters. The molecule has 0 aliphatic carbocycles. The van der Waals surface area contributed by atoms with Gasteiger partial charge in [0.15, 0.2) is 5.76 Å². The lowest BCUT2D eigenvalue weighted by molar-refractivity contribution is 0.0464. The number of nitrogens with zero attached hydrogens (tertiary/aromatic N) is 1. The number of aromatic nitrogens is 1. The van der Waals surface area contributed by atoms with Gasteiger partial charge in [0.2, 0.25) is 0 Å². The first-order valence-electron chi connectivity index (χ1n) is 8.32. The van der Waals surface area contributed by atoms with Crippen molar-refractivity contribution in [3.8, 4) is 11.3 Å². The van der Waals surface area contributed by atoms with Crippen molar-refractivity contribution in [3.63, 3.8) is 0 Å². The van der Waals surface area contributed by atoms with Crippen LogP contribution in [0.5, 0.6) is 0 Å². The Kier molecular flexibility index (Phi) is 5.14. The van der Waals surface area contributed by atoms with Crippen molar-refractivity contribution in [2.75, 3.05) is 0 Å². The fraction of sp³-hybridized carbons (Fsp3) is 0.238. The SMILES string of the molecule is CC(C)(C)c1ccc(C(=O)OCc2cc(-c3ccc(Cl)cc3)on2)cc1. The van der Waals surface area contributed by atoms with Gasteiger partial charge < -0.3 is 9.26 Å². The zero-order chi connectivity index (χ0) is 18.7. The van der Waals surface area contributed by atoms with Crippen LogP contribution in [0.3, 0.4) is 0 Å². The lowest BCUT2D eigenvalue weighted by atomic mass is 9.87. The molecule has 3 aromatic rings. The molecule has 4 nitrogen and oxygen atoms in total. The van der Waals surface area contributed by atoms with E-state index in [0.29, 0.717) is 22.0 Å². The topological polar surface area (TPSA) is 52.3 Å². The Bertz CT molecular complexity index is 890. The first-order valence-corrected chi connectivity index (χ1v) is 8.70. The molecule has 0 bridgehead atoms. The van der Waals surface area contributed by atoms with E-state index in [2.05, 4.69) is 25.9 Å². The summed E-state index contributed by atoms with van der Waals surface area (Å²) >= 11 is 5.88. The van der Waals surface area contributed by atoms with Gasteiger partial charge in [-0.05, 0) is 47.4 Å². The first-order chi connectivity index (χ1) is 12.3. The summed E-state index contributed by atoms with van der Waals surface area (Å²) in [5.41, 5.74) is 3.13. The minimum Gasteiger partial charge on any atom is -0.455 e. The summed E-state index contributed by atoms with van der Waals surface area (Å²) in [7, 11) is 0. The van der Waals surface area contributed by atoms with E-state index in [1.807, 2.05) is 24.3 Å². The predicted octanol–water partition coefficient (Wildman–Crippen LogP) is 5.65. The number of carbonyl (C=O) groups is 1. The van der Waals surface area contributed by atoms with E-state index < -0.39 is 0 Å². The molecule has 0 N–H and O–H groups in total. The molecule has 0 saturated carbocycles. The summed E-state index contributed by atoms with van der Waals surface area (Å²) in [4.78, 5) is 12.2. The smallest absolute Gasteiger partial charge is 0.338 e. The summed E-state index contributed by atoms with van der Waals surface area (Å²) < 4.78 is 10.6. The summed E-state index contributed by atoms with van der Waals surface area (Å²) in [6.07, 6.45) is 0. The van der Waals surface area contributed by atoms with E-state index in [9.17, 15) is 4.79 Å². The minimum absolute atomic E-state index is 0.0429. The third-order valence-electron chi connectivity index (χ3n) is 4.03. The summed E-state index contributed by atoms with van der Waals surface area (Å²) in [5.74, 6) is 0.212. The van der Waals surface area contributed by atoms with Crippen LogP contribution in [0.25, 0.3) is 11.3 Å². The van der Waals surface area contributed by atoms with Crippen molar-refractivity contribution in [3.05, 3.63) is 76.4 Å². The predicted molar refractivity (Wildman–Crippen MR) is 101 cm³/mol. The molecule has 0 amide bonds. The van der Waals surface area contributed by atoms with Crippen LogP contribution in [-0.2, 0) is 16.8 Å². The summed E-state index contributed by atoms with van der Waals surface area (Å²) in [6.45, 7) is 6.44. The molecule has 0 saturated heterocycles. The van der Waals surface area contributed by atoms with Gasteiger partial charge in [-0.25, -0.2) is 4.79 Å². The molecule has 0 radical (unpaired) electrons. The maximum Gasteiger partial charge on any atom is 0.338 e. The zero-order valence-electron chi connectivity index (χ0n) is 15.0. The fourth-order valence-corrected chi connectivity index (χ4v) is 2.59. The maximum atomic E-state index is 12.2. The van der Waals surface area contributed by atoms with Crippen molar-refractivity contribution in [2.24, 2.45) is 0 Å². The molecule has 0 atom stereocenters. The van der Waals surface area contributed by atoms with Gasteiger partial charge in [0, 0.05) is 16.7 Å². The molecule has 5 heteroatoms. The van der Waals surface area contributed by atoms with E-state index in [-0.39, 0.29) is 18.0 Å². The Morgan fingerprint density at radius 2 is 1.73 bits per heavy atom. The third-order valence-corrected chi connectivity index (χ3v) is 4.28. The van der Waals surface area contributed by atoms with Gasteiger partial charge >= 0.3 is 5.97 Å². The van der Waals surface area contributed by atoms with Crippen molar-refractivity contribution >= 4 is 17.6 Å². The first kappa shape index (κ1) is 18.2. The van der Waals surface area contributed by atoms with Crippen LogP contribution < -0.4 is 0 Å². The Morgan fingerprint density at radius 3 is 2.35 bits per heavy atom. The molecule has 0 spiro atoms. The Labute approximate surface area is 157 Å². The van der Waals surface area contributed by atoms with Crippen LogP contribution in [0, 0.1) is 0 Å². The highest BCUT2D eigenvalue weighted by Crippen LogP contribution is 2.24. The molecule has 0 aliphatic rings. The summed E-state index contributed by atoms with van der Waals surface area (Å²) in [6, 6.07) is 16.5. The second-order valence-corrected chi connectivity index (χ2v) is 7.53. The van der Waals surface area contributed by atoms with Gasteiger partial charge in [-0.15, -0.1) is 0 Å². The molecule has 3 rings (SSSR count). The van der Waals surface area contributed by atoms with Crippen molar-refractivity contribution < 1.29 is 14.1 Å². The van der Waals surface area contributed by atoms with Gasteiger partial charge in [-0.3, -0.25) is 0 Å². The van der Waals surface area contributed by atoms with Crippen molar-refractivity contribution in [2.45, 2.75) is 32.8 Å². The Balaban J connectivity index is 1.62. The number of rotatable bonds is 4. The maximum absolute atomic E-state index is 12.2. The number of ether oxygens (including phenoxy) is 1. The minimum atomic E-state index is -0.387. The molecule has 0 aliphatic heterocycles. The lowest BCUT2D eigenvalue weighted by Gasteiger charge is -2.18. The average Bonchev–Trinajstić information content (AvgIpc) is 3.08. The average molecular weight is 370 g/mol. The van der Waals surface area contributed by atoms with Gasteiger partial charge in [0.05, 0.1) is 5.56 Å². The van der Waals surface area contributed by atoms with Crippen molar-refractivity contribution in [1.29, 1.82) is 0 Å². The second-order valence-electron chi connectivity index (χ2n) is 7.09. The number of esters is 1. The van der Waals surface area contributed by atoms with Gasteiger partial charge in [-0.1, -0.05) is 49.7 Å². The van der Waals surface area contributed by atoms with E-state index in [1.165, 1.54) is 0 Å². The third kappa shape index (κ3) is 4.33. The highest BCUT2D eigenvalue weighted by molar-refractivity contribution is 6.30. The Hall–Kier alpha value is -2.59. The van der Waals surface area contributed by atoms with Gasteiger partial charge in [0.1, 0.15) is 12.3 Å². The van der Waals surface area contributed by atoms with Crippen LogP contribution in [0.4, 0.5) is 0 Å². The quantitative estimate of drug-likeness (QED) is 0.557. The second kappa shape index (κ2) is 7.34. The molecule has 134 valence electrons. The van der Waals surface area contributed by atoms with Crippen LogP contribution in [-0.4, -0.2) is 11.1 Å². The van der Waals surface area contributed by atoms with E-state index >= 15 is 0 Å². The number of carbonyl (C=O) groups excluding carboxylic acids is 1. The molecular formula is C21H20ClNO3. The molecule has 26 heavy (non-hydrogen) atoms. The highest BCUT2D eigenvalue weighted by atomic mass is 35.5. The monoisotopic (exact) mass is 369 g/mol. The van der Waals surface area contributed by atoms with Crippen LogP contribution >= 0.6 is 11.6 Å². The van der Waals surface area contributed by atoms with E-state index in [0.717, 1.165) is 11.1 Å². The lowest BCUT2D eigenvalue weighted by Crippen LogP contribution is -2.12. The van der Waals surface area contributed by atoms with Gasteiger partial charge in [-0.2, -0.15) is 0 Å². The number of hydrogen-bond donors (Lipinski definition) is 0. The van der Waals surface area contributed by atoms with E-state index in [1.54, 1.807) is 30.3 Å². The largest absolute Gasteiger partial charge is 0.455 e. The van der Waals surface area contributed by atoms with Crippen LogP contribution in [0.2, 0.25) is 5.02 Å². The molecular weight excluding hydrogens is 350 g/mol. The zero-order valence-corrected chi connectivity index (χ0v) is 15.7. The normalized spacial score (nSPS) is 11.4. The molecule has 1 heterocycles.